The van der Waals surface area contributed by atoms with Crippen LogP contribution in [-0.2, 0) is 6.18 Å². The number of alkyl halides is 3. The lowest BCUT2D eigenvalue weighted by molar-refractivity contribution is -0.141. The summed E-state index contributed by atoms with van der Waals surface area (Å²) in [6.07, 6.45) is -4.92. The lowest BCUT2D eigenvalue weighted by Crippen LogP contribution is -2.36. The molecule has 0 saturated heterocycles. The van der Waals surface area contributed by atoms with Crippen molar-refractivity contribution < 1.29 is 22.0 Å². The lowest BCUT2D eigenvalue weighted by Gasteiger charge is -2.09. The molecule has 1 aromatic heterocycles. The van der Waals surface area contributed by atoms with Crippen LogP contribution in [0.1, 0.15) is 5.69 Å². The minimum atomic E-state index is -4.92. The molecule has 1 heterocycles. The van der Waals surface area contributed by atoms with Crippen molar-refractivity contribution in [2.75, 3.05) is 0 Å². The van der Waals surface area contributed by atoms with Crippen LogP contribution < -0.4 is 11.2 Å². The Morgan fingerprint density at radius 1 is 1.05 bits per heavy atom. The fraction of sp³-hybridized carbons (Fsp3) is 0.0909. The van der Waals surface area contributed by atoms with Gasteiger partial charge in [-0.1, -0.05) is 0 Å². The summed E-state index contributed by atoms with van der Waals surface area (Å²) in [7, 11) is 0. The number of aromatic amines is 1. The van der Waals surface area contributed by atoms with E-state index in [-0.39, 0.29) is 14.2 Å². The summed E-state index contributed by atoms with van der Waals surface area (Å²) in [6, 6.07) is 1.48. The van der Waals surface area contributed by atoms with E-state index in [1.165, 1.54) is 27.6 Å². The van der Waals surface area contributed by atoms with Gasteiger partial charge >= 0.3 is 11.9 Å². The minimum Gasteiger partial charge on any atom is -0.303 e. The second-order valence-corrected chi connectivity index (χ2v) is 4.96. The van der Waals surface area contributed by atoms with Gasteiger partial charge in [0, 0.05) is 6.07 Å². The number of rotatable bonds is 1. The zero-order valence-electron chi connectivity index (χ0n) is 9.76. The van der Waals surface area contributed by atoms with Crippen molar-refractivity contribution in [3.8, 4) is 5.69 Å². The van der Waals surface area contributed by atoms with Crippen molar-refractivity contribution in [1.82, 2.24) is 9.55 Å². The Labute approximate surface area is 126 Å². The number of aromatic nitrogens is 2. The first-order chi connectivity index (χ1) is 9.61. The van der Waals surface area contributed by atoms with Crippen molar-refractivity contribution in [3.63, 3.8) is 0 Å². The van der Waals surface area contributed by atoms with Gasteiger partial charge in [0.25, 0.3) is 5.56 Å². The smallest absolute Gasteiger partial charge is 0.303 e. The van der Waals surface area contributed by atoms with Crippen molar-refractivity contribution in [1.29, 1.82) is 0 Å². The van der Waals surface area contributed by atoms with E-state index < -0.39 is 40.4 Å². The molecule has 1 aromatic carbocycles. The Bertz CT molecular complexity index is 770. The van der Waals surface area contributed by atoms with E-state index in [1.807, 2.05) is 0 Å². The third kappa shape index (κ3) is 2.99. The predicted molar refractivity (Wildman–Crippen MR) is 70.3 cm³/mol. The van der Waals surface area contributed by atoms with Crippen LogP contribution in [0.15, 0.2) is 27.8 Å². The first-order valence-corrected chi connectivity index (χ1v) is 6.27. The molecule has 0 bridgehead atoms. The normalized spacial score (nSPS) is 11.7. The van der Waals surface area contributed by atoms with E-state index in [0.717, 1.165) is 0 Å². The fourth-order valence-corrected chi connectivity index (χ4v) is 1.88. The maximum Gasteiger partial charge on any atom is 0.431 e. The van der Waals surface area contributed by atoms with Gasteiger partial charge < -0.3 is 4.98 Å². The van der Waals surface area contributed by atoms with Crippen molar-refractivity contribution in [3.05, 3.63) is 59.9 Å². The van der Waals surface area contributed by atoms with Crippen LogP contribution in [0.3, 0.4) is 0 Å². The van der Waals surface area contributed by atoms with Gasteiger partial charge in [-0.25, -0.2) is 18.1 Å². The van der Waals surface area contributed by atoms with Gasteiger partial charge in [-0.05, 0) is 34.7 Å². The van der Waals surface area contributed by atoms with E-state index in [4.69, 9.17) is 0 Å². The molecule has 21 heavy (non-hydrogen) atoms. The Kier molecular flexibility index (Phi) is 3.91. The number of nitrogens with one attached hydrogen (secondary N) is 1. The molecule has 0 atom stereocenters. The molecule has 2 aromatic rings. The molecule has 0 saturated carbocycles. The molecule has 0 aliphatic rings. The molecule has 0 aliphatic carbocycles. The molecule has 0 radical (unpaired) electrons. The second-order valence-electron chi connectivity index (χ2n) is 3.88. The molecule has 0 fully saturated rings. The Morgan fingerprint density at radius 3 is 2.00 bits per heavy atom. The van der Waals surface area contributed by atoms with Gasteiger partial charge in [0.15, 0.2) is 0 Å². The summed E-state index contributed by atoms with van der Waals surface area (Å²) in [4.78, 5) is 24.6. The van der Waals surface area contributed by atoms with Gasteiger partial charge in [0.1, 0.15) is 17.3 Å². The van der Waals surface area contributed by atoms with Crippen LogP contribution in [0.2, 0.25) is 0 Å². The highest BCUT2D eigenvalue weighted by atomic mass is 127. The molecule has 1 N–H and O–H groups in total. The number of nitrogens with zero attached hydrogens (tertiary/aromatic N) is 1. The molecule has 0 spiro atoms. The second kappa shape index (κ2) is 5.24. The third-order valence-electron chi connectivity index (χ3n) is 2.47. The van der Waals surface area contributed by atoms with Gasteiger partial charge in [-0.15, -0.1) is 0 Å². The topological polar surface area (TPSA) is 54.9 Å². The van der Waals surface area contributed by atoms with Crippen molar-refractivity contribution in [2.45, 2.75) is 6.18 Å². The number of H-pyrrole nitrogens is 1. The predicted octanol–water partition coefficient (Wildman–Crippen LogP) is 2.43. The highest BCUT2D eigenvalue weighted by molar-refractivity contribution is 14.1. The van der Waals surface area contributed by atoms with Crippen LogP contribution in [0, 0.1) is 15.2 Å². The van der Waals surface area contributed by atoms with E-state index in [9.17, 15) is 31.5 Å². The largest absolute Gasteiger partial charge is 0.431 e. The number of hydrogen-bond acceptors (Lipinski definition) is 2. The SMILES string of the molecule is O=c1cc(C(F)(F)F)[nH]c(=O)n1-c1cc(F)c(I)c(F)c1. The van der Waals surface area contributed by atoms with Crippen LogP contribution in [0.5, 0.6) is 0 Å². The van der Waals surface area contributed by atoms with Gasteiger partial charge in [-0.2, -0.15) is 13.2 Å². The fourth-order valence-electron chi connectivity index (χ4n) is 1.56. The number of benzene rings is 1. The average molecular weight is 418 g/mol. The molecule has 10 heteroatoms. The highest BCUT2D eigenvalue weighted by Crippen LogP contribution is 2.25. The Hall–Kier alpha value is -1.72. The zero-order chi connectivity index (χ0) is 15.9. The standard InChI is InChI=1S/C11H4F5IN2O2/c12-5-1-4(2-6(13)9(5)17)19-8(20)3-7(11(14,15)16)18-10(19)21/h1-3H,(H,18,21). The van der Waals surface area contributed by atoms with Crippen molar-refractivity contribution in [2.24, 2.45) is 0 Å². The van der Waals surface area contributed by atoms with Gasteiger partial charge in [0.2, 0.25) is 0 Å². The van der Waals surface area contributed by atoms with Crippen LogP contribution in [0.4, 0.5) is 22.0 Å². The molecule has 0 unspecified atom stereocenters. The average Bonchev–Trinajstić information content (AvgIpc) is 2.33. The van der Waals surface area contributed by atoms with Gasteiger partial charge in [0.05, 0.1) is 9.26 Å². The molecular formula is C11H4F5IN2O2. The first-order valence-electron chi connectivity index (χ1n) is 5.20. The lowest BCUT2D eigenvalue weighted by atomic mass is 10.3. The minimum absolute atomic E-state index is 0.134. The number of hydrogen-bond donors (Lipinski definition) is 1. The summed E-state index contributed by atoms with van der Waals surface area (Å²) in [5.41, 5.74) is -4.86. The van der Waals surface area contributed by atoms with E-state index in [0.29, 0.717) is 12.1 Å². The van der Waals surface area contributed by atoms with Crippen LogP contribution in [-0.4, -0.2) is 9.55 Å². The van der Waals surface area contributed by atoms with Crippen LogP contribution in [0.25, 0.3) is 5.69 Å². The maximum absolute atomic E-state index is 13.4. The zero-order valence-corrected chi connectivity index (χ0v) is 11.9. The van der Waals surface area contributed by atoms with Crippen molar-refractivity contribution >= 4 is 22.6 Å². The molecule has 112 valence electrons. The molecule has 0 amide bonds. The summed E-state index contributed by atoms with van der Waals surface area (Å²) in [5.74, 6) is -2.09. The summed E-state index contributed by atoms with van der Waals surface area (Å²) in [6.45, 7) is 0. The van der Waals surface area contributed by atoms with E-state index in [1.54, 1.807) is 0 Å². The Balaban J connectivity index is 2.72. The molecule has 2 rings (SSSR count). The Morgan fingerprint density at radius 2 is 1.57 bits per heavy atom. The summed E-state index contributed by atoms with van der Waals surface area (Å²) in [5, 5.41) is 0. The van der Waals surface area contributed by atoms with Crippen LogP contribution >= 0.6 is 22.6 Å². The quantitative estimate of drug-likeness (QED) is 0.440. The summed E-state index contributed by atoms with van der Waals surface area (Å²) < 4.78 is 63.9. The highest BCUT2D eigenvalue weighted by Gasteiger charge is 2.33. The number of halogens is 6. The monoisotopic (exact) mass is 418 g/mol. The summed E-state index contributed by atoms with van der Waals surface area (Å²) >= 11 is 1.37. The maximum atomic E-state index is 13.4. The van der Waals surface area contributed by atoms with E-state index in [2.05, 4.69) is 0 Å². The molecule has 4 nitrogen and oxygen atoms in total. The third-order valence-corrected chi connectivity index (χ3v) is 3.50. The molecule has 0 aliphatic heterocycles. The van der Waals surface area contributed by atoms with E-state index >= 15 is 0 Å². The van der Waals surface area contributed by atoms with Gasteiger partial charge in [-0.3, -0.25) is 4.79 Å². The first kappa shape index (κ1) is 15.7. The molecular weight excluding hydrogens is 414 g/mol.